The molecule has 0 radical (unpaired) electrons. The van der Waals surface area contributed by atoms with Gasteiger partial charge in [0.2, 0.25) is 0 Å². The number of hydrogen-bond donors (Lipinski definition) is 2. The second-order valence-corrected chi connectivity index (χ2v) is 5.79. The minimum atomic E-state index is 0.225. The van der Waals surface area contributed by atoms with Crippen LogP contribution in [0.1, 0.15) is 18.9 Å². The Hall–Kier alpha value is 0.0700. The number of hydrogen-bond acceptors (Lipinski definition) is 3. The summed E-state index contributed by atoms with van der Waals surface area (Å²) in [4.78, 5) is 0. The lowest BCUT2D eigenvalue weighted by Crippen LogP contribution is -2.38. The smallest absolute Gasteiger partial charge is 0.0624 e. The summed E-state index contributed by atoms with van der Waals surface area (Å²) in [6.45, 7) is 2.17. The molecular weight excluding hydrogens is 275 g/mol. The highest BCUT2D eigenvalue weighted by Crippen LogP contribution is 2.26. The Balaban J connectivity index is 2.57. The highest BCUT2D eigenvalue weighted by molar-refractivity contribution is 7.99. The second kappa shape index (κ2) is 8.22. The van der Waals surface area contributed by atoms with Crippen LogP contribution in [-0.4, -0.2) is 17.5 Å². The topological polar surface area (TPSA) is 38.0 Å². The molecule has 3 N–H and O–H groups in total. The van der Waals surface area contributed by atoms with Crippen molar-refractivity contribution in [2.24, 2.45) is 5.84 Å². The lowest BCUT2D eigenvalue weighted by atomic mass is 10.1. The van der Waals surface area contributed by atoms with E-state index >= 15 is 0 Å². The normalized spacial score (nSPS) is 12.7. The molecule has 1 unspecified atom stereocenters. The van der Waals surface area contributed by atoms with Gasteiger partial charge in [-0.15, -0.1) is 0 Å². The van der Waals surface area contributed by atoms with Crippen LogP contribution in [-0.2, 0) is 6.42 Å². The molecule has 17 heavy (non-hydrogen) atoms. The number of rotatable bonds is 7. The first-order valence-corrected chi connectivity index (χ1v) is 7.56. The van der Waals surface area contributed by atoms with E-state index in [2.05, 4.69) is 12.3 Å². The molecule has 0 aliphatic rings. The Bertz CT molecular complexity index is 347. The number of nitrogens with two attached hydrogens (primary N) is 1. The van der Waals surface area contributed by atoms with Gasteiger partial charge in [-0.05, 0) is 30.2 Å². The average molecular weight is 293 g/mol. The Kier molecular flexibility index (Phi) is 7.32. The lowest BCUT2D eigenvalue weighted by molar-refractivity contribution is 0.575. The van der Waals surface area contributed by atoms with E-state index in [4.69, 9.17) is 29.0 Å². The summed E-state index contributed by atoms with van der Waals surface area (Å²) in [6.07, 6.45) is 1.98. The van der Waals surface area contributed by atoms with Crippen LogP contribution >= 0.6 is 35.0 Å². The quantitative estimate of drug-likeness (QED) is 0.459. The molecule has 5 heteroatoms. The minimum Gasteiger partial charge on any atom is -0.271 e. The number of hydrazine groups is 1. The van der Waals surface area contributed by atoms with Gasteiger partial charge in [-0.1, -0.05) is 42.3 Å². The van der Waals surface area contributed by atoms with Crippen molar-refractivity contribution in [2.75, 3.05) is 11.5 Å². The molecule has 0 fully saturated rings. The van der Waals surface area contributed by atoms with Crippen LogP contribution in [0.2, 0.25) is 10.0 Å². The van der Waals surface area contributed by atoms with Gasteiger partial charge in [-0.25, -0.2) is 0 Å². The van der Waals surface area contributed by atoms with Crippen LogP contribution in [0.25, 0.3) is 0 Å². The molecule has 0 bridgehead atoms. The fourth-order valence-electron chi connectivity index (χ4n) is 1.51. The highest BCUT2D eigenvalue weighted by Gasteiger charge is 2.11. The minimum absolute atomic E-state index is 0.225. The van der Waals surface area contributed by atoms with Crippen molar-refractivity contribution in [1.29, 1.82) is 0 Å². The molecule has 2 nitrogen and oxygen atoms in total. The van der Waals surface area contributed by atoms with E-state index in [1.807, 2.05) is 23.9 Å². The zero-order valence-electron chi connectivity index (χ0n) is 9.88. The molecule has 0 heterocycles. The maximum Gasteiger partial charge on any atom is 0.0624 e. The average Bonchev–Trinajstić information content (AvgIpc) is 2.33. The van der Waals surface area contributed by atoms with Crippen LogP contribution in [0, 0.1) is 0 Å². The van der Waals surface area contributed by atoms with Crippen molar-refractivity contribution < 1.29 is 0 Å². The van der Waals surface area contributed by atoms with Crippen LogP contribution < -0.4 is 11.3 Å². The first kappa shape index (κ1) is 15.1. The third-order valence-electron chi connectivity index (χ3n) is 2.40. The van der Waals surface area contributed by atoms with Crippen molar-refractivity contribution >= 4 is 35.0 Å². The zero-order chi connectivity index (χ0) is 12.7. The van der Waals surface area contributed by atoms with Crippen LogP contribution in [0.5, 0.6) is 0 Å². The molecule has 1 atom stereocenters. The Labute approximate surface area is 117 Å². The maximum absolute atomic E-state index is 6.15. The zero-order valence-corrected chi connectivity index (χ0v) is 12.2. The van der Waals surface area contributed by atoms with Gasteiger partial charge in [-0.3, -0.25) is 11.3 Å². The fraction of sp³-hybridized carbons (Fsp3) is 0.500. The summed E-state index contributed by atoms with van der Waals surface area (Å²) in [6, 6.07) is 5.92. The Morgan fingerprint density at radius 1 is 1.41 bits per heavy atom. The summed E-state index contributed by atoms with van der Waals surface area (Å²) < 4.78 is 0. The van der Waals surface area contributed by atoms with Gasteiger partial charge in [0.05, 0.1) is 10.0 Å². The summed E-state index contributed by atoms with van der Waals surface area (Å²) in [5, 5.41) is 1.23. The summed E-state index contributed by atoms with van der Waals surface area (Å²) in [5.41, 5.74) is 3.87. The molecule has 0 amide bonds. The van der Waals surface area contributed by atoms with Gasteiger partial charge >= 0.3 is 0 Å². The molecular formula is C12H18Cl2N2S. The molecule has 0 aromatic heterocycles. The van der Waals surface area contributed by atoms with Gasteiger partial charge in [0.25, 0.3) is 0 Å². The first-order valence-electron chi connectivity index (χ1n) is 5.65. The van der Waals surface area contributed by atoms with Gasteiger partial charge < -0.3 is 0 Å². The standard InChI is InChI=1S/C12H18Cl2N2S/c1-2-6-17-8-10(16-15)7-9-4-3-5-11(13)12(9)14/h3-5,10,16H,2,6-8,15H2,1H3. The lowest BCUT2D eigenvalue weighted by Gasteiger charge is -2.16. The van der Waals surface area contributed by atoms with Crippen molar-refractivity contribution in [1.82, 2.24) is 5.43 Å². The van der Waals surface area contributed by atoms with Gasteiger partial charge in [0.1, 0.15) is 0 Å². The van der Waals surface area contributed by atoms with E-state index in [1.54, 1.807) is 6.07 Å². The third kappa shape index (κ3) is 5.06. The second-order valence-electron chi connectivity index (χ2n) is 3.86. The third-order valence-corrected chi connectivity index (χ3v) is 4.59. The van der Waals surface area contributed by atoms with Crippen molar-refractivity contribution in [3.05, 3.63) is 33.8 Å². The predicted molar refractivity (Wildman–Crippen MR) is 78.9 cm³/mol. The summed E-state index contributed by atoms with van der Waals surface area (Å²) in [5.74, 6) is 7.69. The van der Waals surface area contributed by atoms with Crippen molar-refractivity contribution in [3.63, 3.8) is 0 Å². The van der Waals surface area contributed by atoms with Gasteiger partial charge in [-0.2, -0.15) is 11.8 Å². The summed E-state index contributed by atoms with van der Waals surface area (Å²) in [7, 11) is 0. The first-order chi connectivity index (χ1) is 8.19. The molecule has 0 saturated heterocycles. The van der Waals surface area contributed by atoms with E-state index in [-0.39, 0.29) is 6.04 Å². The molecule has 0 aliphatic heterocycles. The Morgan fingerprint density at radius 3 is 2.82 bits per heavy atom. The summed E-state index contributed by atoms with van der Waals surface area (Å²) >= 11 is 14.0. The number of halogens is 2. The molecule has 0 spiro atoms. The monoisotopic (exact) mass is 292 g/mol. The van der Waals surface area contributed by atoms with Gasteiger partial charge in [0, 0.05) is 11.8 Å². The van der Waals surface area contributed by atoms with Crippen LogP contribution in [0.3, 0.4) is 0 Å². The number of benzene rings is 1. The predicted octanol–water partition coefficient (Wildman–Crippen LogP) is 3.51. The van der Waals surface area contributed by atoms with Crippen molar-refractivity contribution in [3.8, 4) is 0 Å². The van der Waals surface area contributed by atoms with E-state index in [0.717, 1.165) is 23.5 Å². The SMILES string of the molecule is CCCSCC(Cc1cccc(Cl)c1Cl)NN. The van der Waals surface area contributed by atoms with Crippen LogP contribution in [0.4, 0.5) is 0 Å². The largest absolute Gasteiger partial charge is 0.271 e. The molecule has 1 rings (SSSR count). The van der Waals surface area contributed by atoms with E-state index in [0.29, 0.717) is 10.0 Å². The molecule has 1 aromatic rings. The van der Waals surface area contributed by atoms with E-state index < -0.39 is 0 Å². The Morgan fingerprint density at radius 2 is 2.18 bits per heavy atom. The van der Waals surface area contributed by atoms with E-state index in [9.17, 15) is 0 Å². The molecule has 1 aromatic carbocycles. The van der Waals surface area contributed by atoms with Crippen molar-refractivity contribution in [2.45, 2.75) is 25.8 Å². The number of nitrogens with one attached hydrogen (secondary N) is 1. The van der Waals surface area contributed by atoms with Gasteiger partial charge in [0.15, 0.2) is 0 Å². The highest BCUT2D eigenvalue weighted by atomic mass is 35.5. The maximum atomic E-state index is 6.15. The van der Waals surface area contributed by atoms with Crippen LogP contribution in [0.15, 0.2) is 18.2 Å². The molecule has 96 valence electrons. The fourth-order valence-corrected chi connectivity index (χ4v) is 2.86. The van der Waals surface area contributed by atoms with E-state index in [1.165, 1.54) is 6.42 Å². The molecule has 0 saturated carbocycles. The number of thioether (sulfide) groups is 1. The molecule has 0 aliphatic carbocycles.